The number of aryl methyl sites for hydroxylation is 1. The lowest BCUT2D eigenvalue weighted by atomic mass is 10.1. The van der Waals surface area contributed by atoms with Gasteiger partial charge in [-0.3, -0.25) is 4.79 Å². The molecule has 1 saturated heterocycles. The van der Waals surface area contributed by atoms with E-state index in [4.69, 9.17) is 21.1 Å². The van der Waals surface area contributed by atoms with Crippen LogP contribution in [0.3, 0.4) is 0 Å². The predicted octanol–water partition coefficient (Wildman–Crippen LogP) is 3.46. The van der Waals surface area contributed by atoms with Gasteiger partial charge in [0.2, 0.25) is 15.9 Å². The molecule has 1 amide bonds. The van der Waals surface area contributed by atoms with Crippen LogP contribution in [-0.2, 0) is 14.8 Å². The molecule has 29 heavy (non-hydrogen) atoms. The molecule has 2 aromatic rings. The Morgan fingerprint density at radius 3 is 2.52 bits per heavy atom. The first-order chi connectivity index (χ1) is 13.8. The Hall–Kier alpha value is -2.29. The van der Waals surface area contributed by atoms with Gasteiger partial charge in [-0.25, -0.2) is 8.42 Å². The molecule has 0 saturated carbocycles. The van der Waals surface area contributed by atoms with Crippen LogP contribution < -0.4 is 14.8 Å². The van der Waals surface area contributed by atoms with Gasteiger partial charge in [0.1, 0.15) is 6.04 Å². The zero-order valence-electron chi connectivity index (χ0n) is 16.4. The summed E-state index contributed by atoms with van der Waals surface area (Å²) in [7, 11) is -0.967. The number of carbonyl (C=O) groups is 1. The highest BCUT2D eigenvalue weighted by Crippen LogP contribution is 2.33. The maximum absolute atomic E-state index is 13.2. The Bertz CT molecular complexity index is 1030. The van der Waals surface area contributed by atoms with Gasteiger partial charge in [-0.1, -0.05) is 11.6 Å². The van der Waals surface area contributed by atoms with Gasteiger partial charge in [0.25, 0.3) is 0 Å². The molecule has 0 aromatic heterocycles. The van der Waals surface area contributed by atoms with Crippen LogP contribution in [0.5, 0.6) is 11.5 Å². The van der Waals surface area contributed by atoms with Gasteiger partial charge < -0.3 is 14.8 Å². The van der Waals surface area contributed by atoms with Gasteiger partial charge in [0.05, 0.1) is 19.1 Å². The third-order valence-corrected chi connectivity index (χ3v) is 7.05. The van der Waals surface area contributed by atoms with Crippen LogP contribution in [-0.4, -0.2) is 45.4 Å². The van der Waals surface area contributed by atoms with Gasteiger partial charge in [0.15, 0.2) is 11.5 Å². The van der Waals surface area contributed by atoms with E-state index in [1.54, 1.807) is 18.2 Å². The average Bonchev–Trinajstić information content (AvgIpc) is 3.20. The first kappa shape index (κ1) is 21.4. The van der Waals surface area contributed by atoms with E-state index >= 15 is 0 Å². The van der Waals surface area contributed by atoms with Crippen molar-refractivity contribution in [2.24, 2.45) is 0 Å². The van der Waals surface area contributed by atoms with Gasteiger partial charge in [-0.2, -0.15) is 4.31 Å². The molecule has 1 atom stereocenters. The van der Waals surface area contributed by atoms with E-state index in [2.05, 4.69) is 5.32 Å². The number of anilines is 1. The van der Waals surface area contributed by atoms with Crippen LogP contribution >= 0.6 is 11.6 Å². The van der Waals surface area contributed by atoms with Gasteiger partial charge >= 0.3 is 0 Å². The number of amides is 1. The fourth-order valence-corrected chi connectivity index (χ4v) is 5.28. The molecular weight excluding hydrogens is 416 g/mol. The maximum atomic E-state index is 13.2. The zero-order valence-corrected chi connectivity index (χ0v) is 18.0. The summed E-state index contributed by atoms with van der Waals surface area (Å²) in [6, 6.07) is 8.73. The Labute approximate surface area is 175 Å². The second-order valence-corrected chi connectivity index (χ2v) is 9.07. The number of hydrogen-bond acceptors (Lipinski definition) is 5. The number of benzene rings is 2. The van der Waals surface area contributed by atoms with Crippen molar-refractivity contribution in [3.8, 4) is 11.5 Å². The minimum absolute atomic E-state index is 0.0533. The molecule has 1 fully saturated rings. The molecule has 0 radical (unpaired) electrons. The molecule has 0 aliphatic carbocycles. The van der Waals surface area contributed by atoms with Gasteiger partial charge in [-0.15, -0.1) is 0 Å². The second kappa shape index (κ2) is 8.61. The number of rotatable bonds is 6. The molecule has 1 heterocycles. The summed E-state index contributed by atoms with van der Waals surface area (Å²) >= 11 is 5.96. The number of methoxy groups -OCH3 is 2. The van der Waals surface area contributed by atoms with Crippen molar-refractivity contribution in [2.45, 2.75) is 30.7 Å². The number of nitrogens with one attached hydrogen (secondary N) is 1. The van der Waals surface area contributed by atoms with Gasteiger partial charge in [-0.05, 0) is 55.7 Å². The molecular formula is C20H23ClN2O5S. The maximum Gasteiger partial charge on any atom is 0.243 e. The summed E-state index contributed by atoms with van der Waals surface area (Å²) in [5, 5.41) is 3.39. The first-order valence-electron chi connectivity index (χ1n) is 9.09. The third-order valence-electron chi connectivity index (χ3n) is 4.91. The van der Waals surface area contributed by atoms with E-state index in [0.29, 0.717) is 35.1 Å². The molecule has 1 unspecified atom stereocenters. The summed E-state index contributed by atoms with van der Waals surface area (Å²) in [4.78, 5) is 12.9. The molecule has 1 aliphatic rings. The van der Waals surface area contributed by atoms with Crippen molar-refractivity contribution in [2.75, 3.05) is 26.1 Å². The number of halogens is 1. The summed E-state index contributed by atoms with van der Waals surface area (Å²) in [6.07, 6.45) is 1.05. The van der Waals surface area contributed by atoms with Crippen molar-refractivity contribution in [1.82, 2.24) is 4.31 Å². The number of hydrogen-bond donors (Lipinski definition) is 1. The van der Waals surface area contributed by atoms with Crippen molar-refractivity contribution in [3.05, 3.63) is 47.0 Å². The van der Waals surface area contributed by atoms with Crippen LogP contribution in [0, 0.1) is 6.92 Å². The molecule has 1 aliphatic heterocycles. The van der Waals surface area contributed by atoms with E-state index < -0.39 is 16.1 Å². The summed E-state index contributed by atoms with van der Waals surface area (Å²) in [5.74, 6) is 0.378. The highest BCUT2D eigenvalue weighted by molar-refractivity contribution is 7.89. The predicted molar refractivity (Wildman–Crippen MR) is 111 cm³/mol. The topological polar surface area (TPSA) is 84.9 Å². The molecule has 0 bridgehead atoms. The monoisotopic (exact) mass is 438 g/mol. The van der Waals surface area contributed by atoms with E-state index in [1.165, 1.54) is 36.7 Å². The lowest BCUT2D eigenvalue weighted by Crippen LogP contribution is -2.43. The van der Waals surface area contributed by atoms with E-state index in [-0.39, 0.29) is 17.3 Å². The summed E-state index contributed by atoms with van der Waals surface area (Å²) < 4.78 is 38.1. The van der Waals surface area contributed by atoms with Crippen LogP contribution in [0.2, 0.25) is 5.02 Å². The minimum atomic E-state index is -3.88. The minimum Gasteiger partial charge on any atom is -0.493 e. The lowest BCUT2D eigenvalue weighted by molar-refractivity contribution is -0.119. The molecule has 1 N–H and O–H groups in total. The van der Waals surface area contributed by atoms with E-state index in [0.717, 1.165) is 5.56 Å². The second-order valence-electron chi connectivity index (χ2n) is 6.74. The smallest absolute Gasteiger partial charge is 0.243 e. The summed E-state index contributed by atoms with van der Waals surface area (Å²) in [6.45, 7) is 2.10. The highest BCUT2D eigenvalue weighted by Gasteiger charge is 2.39. The van der Waals surface area contributed by atoms with E-state index in [9.17, 15) is 13.2 Å². The van der Waals surface area contributed by atoms with Crippen LogP contribution in [0.4, 0.5) is 5.69 Å². The number of sulfonamides is 1. The molecule has 0 spiro atoms. The van der Waals surface area contributed by atoms with Crippen molar-refractivity contribution in [3.63, 3.8) is 0 Å². The van der Waals surface area contributed by atoms with Crippen LogP contribution in [0.1, 0.15) is 18.4 Å². The van der Waals surface area contributed by atoms with Gasteiger partial charge in [0, 0.05) is 23.3 Å². The largest absolute Gasteiger partial charge is 0.493 e. The van der Waals surface area contributed by atoms with Crippen molar-refractivity contribution in [1.29, 1.82) is 0 Å². The molecule has 7 nitrogen and oxygen atoms in total. The van der Waals surface area contributed by atoms with E-state index in [1.807, 2.05) is 6.92 Å². The van der Waals surface area contributed by atoms with Crippen molar-refractivity contribution < 1.29 is 22.7 Å². The quantitative estimate of drug-likeness (QED) is 0.746. The van der Waals surface area contributed by atoms with Crippen LogP contribution in [0.25, 0.3) is 0 Å². The van der Waals surface area contributed by atoms with Crippen molar-refractivity contribution >= 4 is 33.2 Å². The highest BCUT2D eigenvalue weighted by atomic mass is 35.5. The standard InChI is InChI=1S/C20H23ClN2O5S/c1-13-11-14(21)6-8-16(13)22-20(24)17-5-4-10-23(17)29(25,26)15-7-9-18(27-2)19(12-15)28-3/h6-9,11-12,17H,4-5,10H2,1-3H3,(H,22,24). The lowest BCUT2D eigenvalue weighted by Gasteiger charge is -2.24. The fourth-order valence-electron chi connectivity index (χ4n) is 3.39. The number of nitrogens with zero attached hydrogens (tertiary/aromatic N) is 1. The molecule has 3 rings (SSSR count). The number of ether oxygens (including phenoxy) is 2. The molecule has 9 heteroatoms. The average molecular weight is 439 g/mol. The SMILES string of the molecule is COc1ccc(S(=O)(=O)N2CCCC2C(=O)Nc2ccc(Cl)cc2C)cc1OC. The third kappa shape index (κ3) is 4.34. The Morgan fingerprint density at radius 1 is 1.14 bits per heavy atom. The number of carbonyl (C=O) groups excluding carboxylic acids is 1. The molecule has 156 valence electrons. The fraction of sp³-hybridized carbons (Fsp3) is 0.350. The Balaban J connectivity index is 1.86. The Kier molecular flexibility index (Phi) is 6.36. The first-order valence-corrected chi connectivity index (χ1v) is 10.9. The zero-order chi connectivity index (χ0) is 21.2. The Morgan fingerprint density at radius 2 is 1.86 bits per heavy atom. The summed E-state index contributed by atoms with van der Waals surface area (Å²) in [5.41, 5.74) is 1.41. The normalized spacial score (nSPS) is 17.2. The molecule has 2 aromatic carbocycles. The van der Waals surface area contributed by atoms with Crippen LogP contribution in [0.15, 0.2) is 41.3 Å².